The zero-order valence-corrected chi connectivity index (χ0v) is 13.4. The number of carbonyl (C=O) groups is 1. The van der Waals surface area contributed by atoms with Gasteiger partial charge < -0.3 is 14.8 Å². The molecule has 25 heavy (non-hydrogen) atoms. The number of ether oxygens (including phenoxy) is 2. The summed E-state index contributed by atoms with van der Waals surface area (Å²) in [7, 11) is 0. The van der Waals surface area contributed by atoms with Crippen molar-refractivity contribution in [1.29, 1.82) is 0 Å². The highest BCUT2D eigenvalue weighted by molar-refractivity contribution is 5.94. The Hall–Kier alpha value is -3.16. The van der Waals surface area contributed by atoms with E-state index >= 15 is 0 Å². The highest BCUT2D eigenvalue weighted by atomic mass is 19.1. The molecule has 0 fully saturated rings. The standard InChI is InChI=1S/C17H15FN4O3/c1-10-12-8-11(18)2-3-14(12)24-7-5-15(23)20-13-9-19-22-6-4-16(25-10)21-17(13)22/h2-4,6,8-10H,5,7H2,1H3,(H,20,23). The third-order valence-corrected chi connectivity index (χ3v) is 3.91. The van der Waals surface area contributed by atoms with Crippen molar-refractivity contribution in [3.8, 4) is 11.6 Å². The lowest BCUT2D eigenvalue weighted by molar-refractivity contribution is -0.116. The number of benzene rings is 1. The number of hydrogen-bond donors (Lipinski definition) is 1. The van der Waals surface area contributed by atoms with Gasteiger partial charge in [-0.05, 0) is 25.1 Å². The summed E-state index contributed by atoms with van der Waals surface area (Å²) >= 11 is 0. The predicted octanol–water partition coefficient (Wildman–Crippen LogP) is 2.73. The van der Waals surface area contributed by atoms with Crippen LogP contribution < -0.4 is 14.8 Å². The van der Waals surface area contributed by atoms with Crippen molar-refractivity contribution in [2.24, 2.45) is 0 Å². The van der Waals surface area contributed by atoms with Crippen LogP contribution in [0.25, 0.3) is 5.65 Å². The van der Waals surface area contributed by atoms with Gasteiger partial charge in [0.2, 0.25) is 11.8 Å². The van der Waals surface area contributed by atoms with E-state index in [2.05, 4.69) is 15.4 Å². The molecule has 1 N–H and O–H groups in total. The second kappa shape index (κ2) is 6.04. The van der Waals surface area contributed by atoms with Crippen LogP contribution in [0.2, 0.25) is 0 Å². The van der Waals surface area contributed by atoms with Crippen LogP contribution in [0.5, 0.6) is 11.6 Å². The molecule has 2 aromatic heterocycles. The minimum absolute atomic E-state index is 0.142. The summed E-state index contributed by atoms with van der Waals surface area (Å²) in [6, 6.07) is 5.86. The van der Waals surface area contributed by atoms with Crippen LogP contribution >= 0.6 is 0 Å². The van der Waals surface area contributed by atoms with Gasteiger partial charge in [0.1, 0.15) is 23.4 Å². The summed E-state index contributed by atoms with van der Waals surface area (Å²) in [5.74, 6) is 0.204. The van der Waals surface area contributed by atoms with Crippen molar-refractivity contribution < 1.29 is 18.7 Å². The largest absolute Gasteiger partial charge is 0.493 e. The molecule has 8 heteroatoms. The molecule has 7 nitrogen and oxygen atoms in total. The maximum absolute atomic E-state index is 13.7. The van der Waals surface area contributed by atoms with E-state index in [1.54, 1.807) is 19.2 Å². The molecule has 3 heterocycles. The number of nitrogens with zero attached hydrogens (tertiary/aromatic N) is 3. The minimum atomic E-state index is -0.489. The molecule has 1 unspecified atom stereocenters. The first kappa shape index (κ1) is 15.4. The lowest BCUT2D eigenvalue weighted by Gasteiger charge is -2.18. The molecule has 4 rings (SSSR count). The Balaban J connectivity index is 1.79. The number of anilines is 1. The molecule has 0 saturated carbocycles. The van der Waals surface area contributed by atoms with Gasteiger partial charge in [-0.25, -0.2) is 8.91 Å². The zero-order chi connectivity index (χ0) is 17.4. The molecule has 128 valence electrons. The van der Waals surface area contributed by atoms with Gasteiger partial charge in [0.15, 0.2) is 5.65 Å². The Bertz CT molecular complexity index is 956. The van der Waals surface area contributed by atoms with E-state index in [0.29, 0.717) is 28.5 Å². The maximum Gasteiger partial charge on any atom is 0.227 e. The summed E-state index contributed by atoms with van der Waals surface area (Å²) in [6.07, 6.45) is 2.86. The predicted molar refractivity (Wildman–Crippen MR) is 87.2 cm³/mol. The van der Waals surface area contributed by atoms with Crippen molar-refractivity contribution in [1.82, 2.24) is 14.6 Å². The third kappa shape index (κ3) is 2.98. The highest BCUT2D eigenvalue weighted by Crippen LogP contribution is 2.30. The van der Waals surface area contributed by atoms with E-state index in [1.807, 2.05) is 0 Å². The van der Waals surface area contributed by atoms with Gasteiger partial charge in [0.05, 0.1) is 19.2 Å². The van der Waals surface area contributed by atoms with Crippen molar-refractivity contribution >= 4 is 17.2 Å². The third-order valence-electron chi connectivity index (χ3n) is 3.91. The SMILES string of the molecule is CC1Oc2ccn3ncc(c3n2)NC(=O)CCOc2ccc(F)cc21. The second-order valence-electron chi connectivity index (χ2n) is 5.68. The summed E-state index contributed by atoms with van der Waals surface area (Å²) in [6.45, 7) is 1.94. The molecule has 0 saturated heterocycles. The van der Waals surface area contributed by atoms with Crippen LogP contribution in [0.3, 0.4) is 0 Å². The normalized spacial score (nSPS) is 17.5. The first-order valence-corrected chi connectivity index (χ1v) is 7.83. The first-order valence-electron chi connectivity index (χ1n) is 7.83. The van der Waals surface area contributed by atoms with E-state index in [4.69, 9.17) is 9.47 Å². The summed E-state index contributed by atoms with van der Waals surface area (Å²) < 4.78 is 26.7. The summed E-state index contributed by atoms with van der Waals surface area (Å²) in [4.78, 5) is 16.5. The number of amides is 1. The molecule has 0 radical (unpaired) electrons. The van der Waals surface area contributed by atoms with E-state index in [9.17, 15) is 9.18 Å². The zero-order valence-electron chi connectivity index (χ0n) is 13.4. The fraction of sp³-hybridized carbons (Fsp3) is 0.235. The molecule has 0 aliphatic carbocycles. The molecular weight excluding hydrogens is 327 g/mol. The molecule has 1 aliphatic rings. The van der Waals surface area contributed by atoms with Crippen LogP contribution in [0.15, 0.2) is 36.7 Å². The molecule has 1 aliphatic heterocycles. The maximum atomic E-state index is 13.7. The van der Waals surface area contributed by atoms with Gasteiger partial charge in [-0.3, -0.25) is 4.79 Å². The quantitative estimate of drug-likeness (QED) is 0.680. The Labute approximate surface area is 142 Å². The topological polar surface area (TPSA) is 77.8 Å². The molecular formula is C17H15FN4O3. The highest BCUT2D eigenvalue weighted by Gasteiger charge is 2.18. The van der Waals surface area contributed by atoms with Crippen LogP contribution in [-0.2, 0) is 4.79 Å². The van der Waals surface area contributed by atoms with E-state index in [-0.39, 0.29) is 24.8 Å². The molecule has 1 atom stereocenters. The summed E-state index contributed by atoms with van der Waals surface area (Å²) in [5, 5.41) is 6.90. The fourth-order valence-corrected chi connectivity index (χ4v) is 2.69. The average molecular weight is 342 g/mol. The molecule has 1 amide bonds. The fourth-order valence-electron chi connectivity index (χ4n) is 2.69. The van der Waals surface area contributed by atoms with Crippen molar-refractivity contribution in [2.45, 2.75) is 19.4 Å². The van der Waals surface area contributed by atoms with Crippen LogP contribution in [-0.4, -0.2) is 27.1 Å². The number of nitrogens with one attached hydrogen (secondary N) is 1. The van der Waals surface area contributed by atoms with Crippen molar-refractivity contribution in [3.63, 3.8) is 0 Å². The molecule has 1 aromatic carbocycles. The number of carbonyl (C=O) groups excluding carboxylic acids is 1. The number of halogens is 1. The van der Waals surface area contributed by atoms with Gasteiger partial charge in [-0.1, -0.05) is 0 Å². The van der Waals surface area contributed by atoms with Crippen molar-refractivity contribution in [2.75, 3.05) is 11.9 Å². The lowest BCUT2D eigenvalue weighted by atomic mass is 10.1. The molecule has 0 spiro atoms. The van der Waals surface area contributed by atoms with Gasteiger partial charge in [0.25, 0.3) is 0 Å². The van der Waals surface area contributed by atoms with Crippen LogP contribution in [0.4, 0.5) is 10.1 Å². The molecule has 3 aromatic rings. The van der Waals surface area contributed by atoms with Crippen molar-refractivity contribution in [3.05, 3.63) is 48.0 Å². The lowest BCUT2D eigenvalue weighted by Crippen LogP contribution is -2.15. The Morgan fingerprint density at radius 3 is 3.12 bits per heavy atom. The van der Waals surface area contributed by atoms with E-state index in [0.717, 1.165) is 0 Å². The monoisotopic (exact) mass is 342 g/mol. The van der Waals surface area contributed by atoms with Gasteiger partial charge in [-0.15, -0.1) is 0 Å². The Morgan fingerprint density at radius 1 is 1.36 bits per heavy atom. The first-order chi connectivity index (χ1) is 12.1. The number of hydrogen-bond acceptors (Lipinski definition) is 5. The van der Waals surface area contributed by atoms with E-state index in [1.165, 1.54) is 28.9 Å². The Kier molecular flexibility index (Phi) is 3.72. The molecule has 2 bridgehead atoms. The summed E-state index contributed by atoms with van der Waals surface area (Å²) in [5.41, 5.74) is 1.51. The number of fused-ring (bicyclic) bond motifs is 2. The number of aromatic nitrogens is 3. The second-order valence-corrected chi connectivity index (χ2v) is 5.68. The minimum Gasteiger partial charge on any atom is -0.493 e. The Morgan fingerprint density at radius 2 is 2.24 bits per heavy atom. The average Bonchev–Trinajstić information content (AvgIpc) is 2.97. The van der Waals surface area contributed by atoms with Gasteiger partial charge in [-0.2, -0.15) is 10.1 Å². The van der Waals surface area contributed by atoms with Crippen LogP contribution in [0, 0.1) is 5.82 Å². The number of rotatable bonds is 0. The van der Waals surface area contributed by atoms with Gasteiger partial charge >= 0.3 is 0 Å². The smallest absolute Gasteiger partial charge is 0.227 e. The van der Waals surface area contributed by atoms with Gasteiger partial charge in [0, 0.05) is 17.8 Å². The van der Waals surface area contributed by atoms with E-state index < -0.39 is 6.10 Å². The van der Waals surface area contributed by atoms with Crippen LogP contribution in [0.1, 0.15) is 25.0 Å².